The van der Waals surface area contributed by atoms with E-state index >= 15 is 0 Å². The number of aryl methyl sites for hydroxylation is 1. The van der Waals surface area contributed by atoms with Crippen LogP contribution in [0.2, 0.25) is 0 Å². The SMILES string of the molecule is CCOC(=O)C(C)Oc1nccn2c(C)nnc12. The van der Waals surface area contributed by atoms with E-state index in [1.165, 1.54) is 0 Å². The number of fused-ring (bicyclic) bond motifs is 1. The molecule has 0 N–H and O–H groups in total. The third kappa shape index (κ3) is 2.24. The van der Waals surface area contributed by atoms with E-state index in [1.807, 2.05) is 6.92 Å². The predicted molar refractivity (Wildman–Crippen MR) is 62.2 cm³/mol. The number of rotatable bonds is 4. The van der Waals surface area contributed by atoms with Gasteiger partial charge in [0.1, 0.15) is 5.82 Å². The summed E-state index contributed by atoms with van der Waals surface area (Å²) in [5.74, 6) is 0.553. The van der Waals surface area contributed by atoms with E-state index in [9.17, 15) is 4.79 Å². The minimum atomic E-state index is -0.736. The number of carbonyl (C=O) groups excluding carboxylic acids is 1. The third-order valence-electron chi connectivity index (χ3n) is 2.37. The number of hydrogen-bond acceptors (Lipinski definition) is 6. The lowest BCUT2D eigenvalue weighted by atomic mass is 10.4. The van der Waals surface area contributed by atoms with Crippen LogP contribution in [0, 0.1) is 6.92 Å². The fraction of sp³-hybridized carbons (Fsp3) is 0.455. The minimum Gasteiger partial charge on any atom is -0.463 e. The van der Waals surface area contributed by atoms with Gasteiger partial charge in [0, 0.05) is 12.4 Å². The third-order valence-corrected chi connectivity index (χ3v) is 2.37. The molecule has 7 heteroatoms. The summed E-state index contributed by atoms with van der Waals surface area (Å²) in [4.78, 5) is 15.5. The summed E-state index contributed by atoms with van der Waals surface area (Å²) in [7, 11) is 0. The Kier molecular flexibility index (Phi) is 3.40. The number of hydrogen-bond donors (Lipinski definition) is 0. The lowest BCUT2D eigenvalue weighted by Gasteiger charge is -2.12. The second-order valence-electron chi connectivity index (χ2n) is 3.69. The summed E-state index contributed by atoms with van der Waals surface area (Å²) in [5.41, 5.74) is 0.478. The lowest BCUT2D eigenvalue weighted by Crippen LogP contribution is -2.26. The van der Waals surface area contributed by atoms with Gasteiger partial charge in [-0.3, -0.25) is 4.40 Å². The summed E-state index contributed by atoms with van der Waals surface area (Å²) in [6.07, 6.45) is 2.56. The van der Waals surface area contributed by atoms with Crippen molar-refractivity contribution >= 4 is 11.6 Å². The lowest BCUT2D eigenvalue weighted by molar-refractivity contribution is -0.150. The molecule has 2 aromatic heterocycles. The molecule has 0 radical (unpaired) electrons. The van der Waals surface area contributed by atoms with Gasteiger partial charge in [0.2, 0.25) is 5.65 Å². The normalized spacial score (nSPS) is 12.4. The molecule has 0 aromatic carbocycles. The van der Waals surface area contributed by atoms with Crippen molar-refractivity contribution < 1.29 is 14.3 Å². The number of aromatic nitrogens is 4. The fourth-order valence-corrected chi connectivity index (χ4v) is 1.48. The van der Waals surface area contributed by atoms with E-state index in [2.05, 4.69) is 15.2 Å². The van der Waals surface area contributed by atoms with Gasteiger partial charge in [0.25, 0.3) is 5.88 Å². The van der Waals surface area contributed by atoms with Crippen molar-refractivity contribution in [3.63, 3.8) is 0 Å². The van der Waals surface area contributed by atoms with Crippen LogP contribution in [0.1, 0.15) is 19.7 Å². The number of nitrogens with zero attached hydrogens (tertiary/aromatic N) is 4. The van der Waals surface area contributed by atoms with Gasteiger partial charge in [0.05, 0.1) is 6.61 Å². The number of carbonyl (C=O) groups is 1. The molecule has 0 spiro atoms. The topological polar surface area (TPSA) is 78.6 Å². The van der Waals surface area contributed by atoms with E-state index < -0.39 is 12.1 Å². The standard InChI is InChI=1S/C11H14N4O3/c1-4-17-11(16)7(2)18-10-9-14-13-8(3)15(9)6-5-12-10/h5-7H,4H2,1-3H3. The molecule has 2 heterocycles. The van der Waals surface area contributed by atoms with Gasteiger partial charge in [0.15, 0.2) is 6.10 Å². The molecule has 0 aliphatic rings. The Labute approximate surface area is 104 Å². The second kappa shape index (κ2) is 4.99. The van der Waals surface area contributed by atoms with E-state index in [-0.39, 0.29) is 5.88 Å². The van der Waals surface area contributed by atoms with Crippen LogP contribution in [-0.4, -0.2) is 38.3 Å². The van der Waals surface area contributed by atoms with Crippen molar-refractivity contribution in [2.75, 3.05) is 6.61 Å². The van der Waals surface area contributed by atoms with Crippen LogP contribution in [0.4, 0.5) is 0 Å². The molecule has 2 rings (SSSR count). The monoisotopic (exact) mass is 250 g/mol. The Hall–Kier alpha value is -2.18. The highest BCUT2D eigenvalue weighted by atomic mass is 16.6. The zero-order valence-corrected chi connectivity index (χ0v) is 10.5. The Morgan fingerprint density at radius 2 is 2.28 bits per heavy atom. The number of ether oxygens (including phenoxy) is 2. The quantitative estimate of drug-likeness (QED) is 0.745. The Bertz CT molecular complexity index is 566. The molecule has 1 atom stereocenters. The maximum Gasteiger partial charge on any atom is 0.347 e. The molecule has 0 saturated heterocycles. The van der Waals surface area contributed by atoms with Crippen molar-refractivity contribution in [3.8, 4) is 5.88 Å². The Morgan fingerprint density at radius 1 is 1.50 bits per heavy atom. The molecule has 1 unspecified atom stereocenters. The van der Waals surface area contributed by atoms with Crippen molar-refractivity contribution in [2.45, 2.75) is 26.9 Å². The van der Waals surface area contributed by atoms with E-state index in [0.29, 0.717) is 12.3 Å². The first-order valence-electron chi connectivity index (χ1n) is 5.63. The molecule has 0 fully saturated rings. The zero-order chi connectivity index (χ0) is 13.1. The highest BCUT2D eigenvalue weighted by Gasteiger charge is 2.19. The molecule has 0 aliphatic carbocycles. The smallest absolute Gasteiger partial charge is 0.347 e. The first-order chi connectivity index (χ1) is 8.63. The number of esters is 1. The summed E-state index contributed by atoms with van der Waals surface area (Å²) in [6.45, 7) is 5.48. The van der Waals surface area contributed by atoms with Crippen LogP contribution in [-0.2, 0) is 9.53 Å². The minimum absolute atomic E-state index is 0.263. The van der Waals surface area contributed by atoms with Crippen LogP contribution >= 0.6 is 0 Å². The first kappa shape index (κ1) is 12.3. The molecule has 18 heavy (non-hydrogen) atoms. The van der Waals surface area contributed by atoms with Gasteiger partial charge in [-0.1, -0.05) is 0 Å². The first-order valence-corrected chi connectivity index (χ1v) is 5.63. The molecular weight excluding hydrogens is 236 g/mol. The van der Waals surface area contributed by atoms with Crippen LogP contribution in [0.3, 0.4) is 0 Å². The molecule has 7 nitrogen and oxygen atoms in total. The van der Waals surface area contributed by atoms with Crippen molar-refractivity contribution in [3.05, 3.63) is 18.2 Å². The average Bonchev–Trinajstić information content (AvgIpc) is 2.73. The van der Waals surface area contributed by atoms with Gasteiger partial charge in [-0.05, 0) is 20.8 Å². The van der Waals surface area contributed by atoms with Crippen LogP contribution in [0.5, 0.6) is 5.88 Å². The molecule has 2 aromatic rings. The highest BCUT2D eigenvalue weighted by molar-refractivity contribution is 5.74. The molecule has 0 amide bonds. The van der Waals surface area contributed by atoms with Gasteiger partial charge in [-0.2, -0.15) is 0 Å². The van der Waals surface area contributed by atoms with E-state index in [4.69, 9.17) is 9.47 Å². The summed E-state index contributed by atoms with van der Waals surface area (Å²) in [6, 6.07) is 0. The summed E-state index contributed by atoms with van der Waals surface area (Å²) < 4.78 is 12.0. The van der Waals surface area contributed by atoms with Gasteiger partial charge in [-0.15, -0.1) is 10.2 Å². The van der Waals surface area contributed by atoms with E-state index in [0.717, 1.165) is 5.82 Å². The fourth-order valence-electron chi connectivity index (χ4n) is 1.48. The van der Waals surface area contributed by atoms with Crippen molar-refractivity contribution in [1.29, 1.82) is 0 Å². The highest BCUT2D eigenvalue weighted by Crippen LogP contribution is 2.16. The van der Waals surface area contributed by atoms with Crippen molar-refractivity contribution in [1.82, 2.24) is 19.6 Å². The second-order valence-corrected chi connectivity index (χ2v) is 3.69. The molecular formula is C11H14N4O3. The zero-order valence-electron chi connectivity index (χ0n) is 10.5. The van der Waals surface area contributed by atoms with E-state index in [1.54, 1.807) is 30.6 Å². The molecule has 0 saturated carbocycles. The molecule has 0 aliphatic heterocycles. The summed E-state index contributed by atoms with van der Waals surface area (Å²) in [5, 5.41) is 7.87. The molecule has 96 valence electrons. The van der Waals surface area contributed by atoms with Crippen LogP contribution < -0.4 is 4.74 Å². The largest absolute Gasteiger partial charge is 0.463 e. The van der Waals surface area contributed by atoms with Gasteiger partial charge in [-0.25, -0.2) is 9.78 Å². The summed E-state index contributed by atoms with van der Waals surface area (Å²) >= 11 is 0. The van der Waals surface area contributed by atoms with Crippen molar-refractivity contribution in [2.24, 2.45) is 0 Å². The van der Waals surface area contributed by atoms with Crippen LogP contribution in [0.15, 0.2) is 12.4 Å². The average molecular weight is 250 g/mol. The van der Waals surface area contributed by atoms with Gasteiger partial charge >= 0.3 is 5.97 Å². The Morgan fingerprint density at radius 3 is 3.00 bits per heavy atom. The maximum absolute atomic E-state index is 11.5. The van der Waals surface area contributed by atoms with Crippen LogP contribution in [0.25, 0.3) is 5.65 Å². The molecule has 0 bridgehead atoms. The Balaban J connectivity index is 2.24. The maximum atomic E-state index is 11.5. The predicted octanol–water partition coefficient (Wildman–Crippen LogP) is 0.763. The van der Waals surface area contributed by atoms with Gasteiger partial charge < -0.3 is 9.47 Å².